The Hall–Kier alpha value is -2.76. The SMILES string of the molecule is O=C(C1CC(=O)N(c2ccc(F)c(F)c2)C1)N1CCC(Cc2ccccc2)CC1. The molecular formula is C23H24F2N2O2. The van der Waals surface area contributed by atoms with Crippen molar-refractivity contribution in [2.24, 2.45) is 11.8 Å². The molecule has 2 amide bonds. The first-order valence-corrected chi connectivity index (χ1v) is 10.1. The molecule has 4 nitrogen and oxygen atoms in total. The van der Waals surface area contributed by atoms with Crippen LogP contribution in [0.2, 0.25) is 0 Å². The zero-order chi connectivity index (χ0) is 20.4. The van der Waals surface area contributed by atoms with E-state index >= 15 is 0 Å². The van der Waals surface area contributed by atoms with E-state index in [-0.39, 0.29) is 24.8 Å². The number of hydrogen-bond donors (Lipinski definition) is 0. The number of piperidine rings is 1. The van der Waals surface area contributed by atoms with Crippen LogP contribution < -0.4 is 4.90 Å². The number of nitrogens with zero attached hydrogens (tertiary/aromatic N) is 2. The second-order valence-corrected chi connectivity index (χ2v) is 7.96. The zero-order valence-electron chi connectivity index (χ0n) is 16.2. The third-order valence-corrected chi connectivity index (χ3v) is 5.98. The normalized spacial score (nSPS) is 20.3. The van der Waals surface area contributed by atoms with Gasteiger partial charge in [-0.05, 0) is 42.9 Å². The lowest BCUT2D eigenvalue weighted by atomic mass is 9.89. The first-order chi connectivity index (χ1) is 14.0. The Morgan fingerprint density at radius 2 is 1.72 bits per heavy atom. The van der Waals surface area contributed by atoms with E-state index in [2.05, 4.69) is 12.1 Å². The summed E-state index contributed by atoms with van der Waals surface area (Å²) in [6, 6.07) is 13.8. The number of amides is 2. The molecule has 2 aliphatic heterocycles. The van der Waals surface area contributed by atoms with Gasteiger partial charge in [0.25, 0.3) is 0 Å². The lowest BCUT2D eigenvalue weighted by molar-refractivity contribution is -0.137. The van der Waals surface area contributed by atoms with Crippen molar-refractivity contribution in [1.82, 2.24) is 4.90 Å². The number of hydrogen-bond acceptors (Lipinski definition) is 2. The molecule has 2 aliphatic rings. The summed E-state index contributed by atoms with van der Waals surface area (Å²) in [5, 5.41) is 0. The van der Waals surface area contributed by atoms with E-state index in [1.54, 1.807) is 0 Å². The average Bonchev–Trinajstić information content (AvgIpc) is 3.12. The Balaban J connectivity index is 1.33. The monoisotopic (exact) mass is 398 g/mol. The maximum Gasteiger partial charge on any atom is 0.228 e. The molecule has 1 unspecified atom stereocenters. The van der Waals surface area contributed by atoms with E-state index in [4.69, 9.17) is 0 Å². The maximum absolute atomic E-state index is 13.5. The van der Waals surface area contributed by atoms with Crippen LogP contribution >= 0.6 is 0 Å². The summed E-state index contributed by atoms with van der Waals surface area (Å²) in [4.78, 5) is 28.5. The van der Waals surface area contributed by atoms with Crippen LogP contribution in [0.3, 0.4) is 0 Å². The Bertz CT molecular complexity index is 895. The van der Waals surface area contributed by atoms with E-state index in [0.29, 0.717) is 24.7 Å². The highest BCUT2D eigenvalue weighted by Crippen LogP contribution is 2.29. The van der Waals surface area contributed by atoms with Crippen LogP contribution in [0.4, 0.5) is 14.5 Å². The summed E-state index contributed by atoms with van der Waals surface area (Å²) in [6.45, 7) is 1.62. The van der Waals surface area contributed by atoms with Gasteiger partial charge in [-0.2, -0.15) is 0 Å². The lowest BCUT2D eigenvalue weighted by Crippen LogP contribution is -2.42. The van der Waals surface area contributed by atoms with Crippen molar-refractivity contribution in [2.75, 3.05) is 24.5 Å². The van der Waals surface area contributed by atoms with Crippen LogP contribution in [0.15, 0.2) is 48.5 Å². The zero-order valence-corrected chi connectivity index (χ0v) is 16.2. The molecule has 152 valence electrons. The predicted octanol–water partition coefficient (Wildman–Crippen LogP) is 3.80. The Kier molecular flexibility index (Phi) is 5.60. The summed E-state index contributed by atoms with van der Waals surface area (Å²) in [5.74, 6) is -2.06. The molecule has 6 heteroatoms. The van der Waals surface area contributed by atoms with Gasteiger partial charge in [-0.15, -0.1) is 0 Å². The van der Waals surface area contributed by atoms with Crippen molar-refractivity contribution in [3.05, 3.63) is 65.7 Å². The number of carbonyl (C=O) groups excluding carboxylic acids is 2. The van der Waals surface area contributed by atoms with Crippen molar-refractivity contribution in [2.45, 2.75) is 25.7 Å². The fraction of sp³-hybridized carbons (Fsp3) is 0.391. The van der Waals surface area contributed by atoms with Crippen LogP contribution in [-0.2, 0) is 16.0 Å². The van der Waals surface area contributed by atoms with Crippen molar-refractivity contribution in [1.29, 1.82) is 0 Å². The molecule has 0 N–H and O–H groups in total. The minimum Gasteiger partial charge on any atom is -0.342 e. The Morgan fingerprint density at radius 3 is 2.41 bits per heavy atom. The van der Waals surface area contributed by atoms with Gasteiger partial charge >= 0.3 is 0 Å². The third kappa shape index (κ3) is 4.31. The van der Waals surface area contributed by atoms with Gasteiger partial charge in [0, 0.05) is 37.8 Å². The molecule has 4 rings (SSSR count). The molecule has 2 heterocycles. The molecule has 0 saturated carbocycles. The number of benzene rings is 2. The number of carbonyl (C=O) groups is 2. The molecule has 0 radical (unpaired) electrons. The fourth-order valence-electron chi connectivity index (χ4n) is 4.34. The number of anilines is 1. The minimum absolute atomic E-state index is 0.0124. The summed E-state index contributed by atoms with van der Waals surface area (Å²) < 4.78 is 26.7. The molecular weight excluding hydrogens is 374 g/mol. The predicted molar refractivity (Wildman–Crippen MR) is 106 cm³/mol. The second-order valence-electron chi connectivity index (χ2n) is 7.96. The van der Waals surface area contributed by atoms with Gasteiger partial charge in [0.2, 0.25) is 11.8 Å². The van der Waals surface area contributed by atoms with Crippen molar-refractivity contribution in [3.8, 4) is 0 Å². The molecule has 0 aliphatic carbocycles. The molecule has 0 bridgehead atoms. The maximum atomic E-state index is 13.5. The molecule has 0 spiro atoms. The Morgan fingerprint density at radius 1 is 1.00 bits per heavy atom. The van der Waals surface area contributed by atoms with Crippen molar-refractivity contribution < 1.29 is 18.4 Å². The van der Waals surface area contributed by atoms with Crippen molar-refractivity contribution >= 4 is 17.5 Å². The quantitative estimate of drug-likeness (QED) is 0.786. The van der Waals surface area contributed by atoms with E-state index in [9.17, 15) is 18.4 Å². The first-order valence-electron chi connectivity index (χ1n) is 10.1. The number of rotatable bonds is 4. The van der Waals surface area contributed by atoms with Crippen molar-refractivity contribution in [3.63, 3.8) is 0 Å². The number of halogens is 2. The van der Waals surface area contributed by atoms with E-state index in [0.717, 1.165) is 31.4 Å². The summed E-state index contributed by atoms with van der Waals surface area (Å²) in [7, 11) is 0. The van der Waals surface area contributed by atoms with E-state index in [1.165, 1.54) is 16.5 Å². The molecule has 2 aromatic rings. The largest absolute Gasteiger partial charge is 0.342 e. The third-order valence-electron chi connectivity index (χ3n) is 5.98. The van der Waals surface area contributed by atoms with Crippen LogP contribution in [-0.4, -0.2) is 36.3 Å². The highest BCUT2D eigenvalue weighted by atomic mass is 19.2. The lowest BCUT2D eigenvalue weighted by Gasteiger charge is -2.33. The van der Waals surface area contributed by atoms with Crippen LogP contribution in [0.1, 0.15) is 24.8 Å². The average molecular weight is 398 g/mol. The van der Waals surface area contributed by atoms with Gasteiger partial charge in [-0.25, -0.2) is 8.78 Å². The topological polar surface area (TPSA) is 40.6 Å². The van der Waals surface area contributed by atoms with Crippen LogP contribution in [0.25, 0.3) is 0 Å². The highest BCUT2D eigenvalue weighted by molar-refractivity contribution is 6.00. The smallest absolute Gasteiger partial charge is 0.228 e. The first kappa shape index (κ1) is 19.6. The second kappa shape index (κ2) is 8.31. The molecule has 2 saturated heterocycles. The van der Waals surface area contributed by atoms with Gasteiger partial charge in [-0.1, -0.05) is 30.3 Å². The highest BCUT2D eigenvalue weighted by Gasteiger charge is 2.38. The summed E-state index contributed by atoms with van der Waals surface area (Å²) in [6.07, 6.45) is 3.04. The van der Waals surface area contributed by atoms with Gasteiger partial charge in [0.1, 0.15) is 0 Å². The molecule has 2 aromatic carbocycles. The van der Waals surface area contributed by atoms with Gasteiger partial charge in [0.15, 0.2) is 11.6 Å². The van der Waals surface area contributed by atoms with E-state index in [1.807, 2.05) is 23.1 Å². The summed E-state index contributed by atoms with van der Waals surface area (Å²) in [5.41, 5.74) is 1.62. The van der Waals surface area contributed by atoms with Gasteiger partial charge in [-0.3, -0.25) is 9.59 Å². The number of likely N-dealkylation sites (tertiary alicyclic amines) is 1. The standard InChI is InChI=1S/C23H24F2N2O2/c24-20-7-6-19(14-21(20)25)27-15-18(13-22(27)28)23(29)26-10-8-17(9-11-26)12-16-4-2-1-3-5-16/h1-7,14,17-18H,8-13,15H2. The molecule has 2 fully saturated rings. The van der Waals surface area contributed by atoms with Crippen LogP contribution in [0.5, 0.6) is 0 Å². The summed E-state index contributed by atoms with van der Waals surface area (Å²) >= 11 is 0. The van der Waals surface area contributed by atoms with Gasteiger partial charge < -0.3 is 9.80 Å². The molecule has 0 aromatic heterocycles. The fourth-order valence-corrected chi connectivity index (χ4v) is 4.34. The Labute approximate surface area is 169 Å². The van der Waals surface area contributed by atoms with Crippen LogP contribution in [0, 0.1) is 23.5 Å². The van der Waals surface area contributed by atoms with Gasteiger partial charge in [0.05, 0.1) is 5.92 Å². The molecule has 1 atom stereocenters. The van der Waals surface area contributed by atoms with E-state index < -0.39 is 17.6 Å². The minimum atomic E-state index is -0.995. The molecule has 29 heavy (non-hydrogen) atoms.